The first-order valence-corrected chi connectivity index (χ1v) is 5.87. The molecule has 0 aromatic heterocycles. The molecule has 0 heterocycles. The highest BCUT2D eigenvalue weighted by Gasteiger charge is 2.26. The minimum absolute atomic E-state index is 0. The van der Waals surface area contributed by atoms with Gasteiger partial charge in [-0.25, -0.2) is 0 Å². The summed E-state index contributed by atoms with van der Waals surface area (Å²) in [6.07, 6.45) is 0.730. The van der Waals surface area contributed by atoms with E-state index in [2.05, 4.69) is 0 Å². The molecular weight excluding hydrogens is 280 g/mol. The fourth-order valence-electron chi connectivity index (χ4n) is 1.44. The zero-order chi connectivity index (χ0) is 12.3. The summed E-state index contributed by atoms with van der Waals surface area (Å²) < 4.78 is 0. The van der Waals surface area contributed by atoms with Crippen molar-refractivity contribution in [3.8, 4) is 0 Å². The molecule has 0 spiro atoms. The Hall–Kier alpha value is 0.01000. The molecule has 2 nitrogen and oxygen atoms in total. The maximum absolute atomic E-state index is 9.44. The van der Waals surface area contributed by atoms with Gasteiger partial charge in [0.25, 0.3) is 0 Å². The third-order valence-electron chi connectivity index (χ3n) is 2.99. The molecule has 0 fully saturated rings. The molecule has 0 radical (unpaired) electrons. The van der Waals surface area contributed by atoms with Crippen LogP contribution in [0.5, 0.6) is 0 Å². The van der Waals surface area contributed by atoms with Crippen LogP contribution in [0.1, 0.15) is 12.5 Å². The van der Waals surface area contributed by atoms with Gasteiger partial charge in [-0.15, -0.1) is 12.4 Å². The highest BCUT2D eigenvalue weighted by Crippen LogP contribution is 2.25. The number of rotatable bonds is 4. The Labute approximate surface area is 119 Å². The van der Waals surface area contributed by atoms with Crippen LogP contribution in [-0.2, 0) is 6.42 Å². The Morgan fingerprint density at radius 3 is 2.24 bits per heavy atom. The zero-order valence-corrected chi connectivity index (χ0v) is 12.5. The second kappa shape index (κ2) is 6.81. The Morgan fingerprint density at radius 1 is 1.24 bits per heavy atom. The normalized spacial score (nSPS) is 14.3. The van der Waals surface area contributed by atoms with Crippen LogP contribution in [0, 0.1) is 0 Å². The second-order valence-corrected chi connectivity index (χ2v) is 5.29. The smallest absolute Gasteiger partial charge is 0.0615 e. The molecule has 0 aliphatic carbocycles. The molecule has 0 bridgehead atoms. The maximum atomic E-state index is 9.44. The van der Waals surface area contributed by atoms with E-state index < -0.39 is 0 Å². The van der Waals surface area contributed by atoms with Gasteiger partial charge in [-0.1, -0.05) is 29.3 Å². The van der Waals surface area contributed by atoms with Gasteiger partial charge in [0, 0.05) is 5.54 Å². The molecule has 1 aromatic rings. The molecule has 0 saturated carbocycles. The largest absolute Gasteiger partial charge is 0.394 e. The summed E-state index contributed by atoms with van der Waals surface area (Å²) in [7, 11) is 3.90. The molecule has 0 aliphatic heterocycles. The Bertz CT molecular complexity index is 371. The van der Waals surface area contributed by atoms with E-state index >= 15 is 0 Å². The van der Waals surface area contributed by atoms with Crippen LogP contribution in [0.2, 0.25) is 10.0 Å². The fraction of sp³-hybridized carbons (Fsp3) is 0.500. The molecule has 1 N–H and O–H groups in total. The summed E-state index contributed by atoms with van der Waals surface area (Å²) in [5, 5.41) is 10.6. The summed E-state index contributed by atoms with van der Waals surface area (Å²) in [6, 6.07) is 5.57. The van der Waals surface area contributed by atoms with Gasteiger partial charge in [0.1, 0.15) is 0 Å². The van der Waals surface area contributed by atoms with Crippen LogP contribution in [0.15, 0.2) is 18.2 Å². The van der Waals surface area contributed by atoms with Crippen molar-refractivity contribution >= 4 is 35.6 Å². The standard InChI is InChI=1S/C12H17Cl2NO.ClH/c1-12(8-16,15(2)3)7-9-4-5-10(13)11(14)6-9;/h4-6,16H,7-8H2,1-3H3;1H. The van der Waals surface area contributed by atoms with Crippen molar-refractivity contribution in [3.05, 3.63) is 33.8 Å². The van der Waals surface area contributed by atoms with Gasteiger partial charge in [0.15, 0.2) is 0 Å². The predicted octanol–water partition coefficient (Wildman–Crippen LogP) is 3.27. The lowest BCUT2D eigenvalue weighted by Gasteiger charge is -2.34. The fourth-order valence-corrected chi connectivity index (χ4v) is 1.77. The first kappa shape index (κ1) is 17.0. The third kappa shape index (κ3) is 4.31. The molecule has 5 heteroatoms. The highest BCUT2D eigenvalue weighted by atomic mass is 35.5. The minimum atomic E-state index is -0.281. The van der Waals surface area contributed by atoms with Crippen molar-refractivity contribution in [1.82, 2.24) is 4.90 Å². The van der Waals surface area contributed by atoms with Crippen molar-refractivity contribution in [3.63, 3.8) is 0 Å². The van der Waals surface area contributed by atoms with Crippen LogP contribution < -0.4 is 0 Å². The third-order valence-corrected chi connectivity index (χ3v) is 3.73. The minimum Gasteiger partial charge on any atom is -0.394 e. The molecular formula is C12H18Cl3NO. The molecule has 1 rings (SSSR count). The Morgan fingerprint density at radius 2 is 1.82 bits per heavy atom. The SMILES string of the molecule is CN(C)C(C)(CO)Cc1ccc(Cl)c(Cl)c1.Cl. The van der Waals surface area contributed by atoms with Gasteiger partial charge in [-0.3, -0.25) is 0 Å². The van der Waals surface area contributed by atoms with E-state index in [1.165, 1.54) is 0 Å². The van der Waals surface area contributed by atoms with E-state index in [1.54, 1.807) is 6.07 Å². The molecule has 17 heavy (non-hydrogen) atoms. The zero-order valence-electron chi connectivity index (χ0n) is 10.2. The van der Waals surface area contributed by atoms with E-state index in [0.717, 1.165) is 12.0 Å². The van der Waals surface area contributed by atoms with E-state index in [9.17, 15) is 5.11 Å². The van der Waals surface area contributed by atoms with Crippen molar-refractivity contribution in [2.75, 3.05) is 20.7 Å². The Balaban J connectivity index is 0.00000256. The van der Waals surface area contributed by atoms with Crippen molar-refractivity contribution in [2.24, 2.45) is 0 Å². The molecule has 1 unspecified atom stereocenters. The summed E-state index contributed by atoms with van der Waals surface area (Å²) >= 11 is 11.8. The van der Waals surface area contributed by atoms with Gasteiger partial charge in [0.05, 0.1) is 16.7 Å². The molecule has 1 atom stereocenters. The molecule has 0 saturated heterocycles. The average Bonchev–Trinajstić information content (AvgIpc) is 2.23. The van der Waals surface area contributed by atoms with Gasteiger partial charge < -0.3 is 10.0 Å². The van der Waals surface area contributed by atoms with Crippen molar-refractivity contribution in [2.45, 2.75) is 18.9 Å². The monoisotopic (exact) mass is 297 g/mol. The summed E-state index contributed by atoms with van der Waals surface area (Å²) in [4.78, 5) is 2.01. The molecule has 98 valence electrons. The Kier molecular flexibility index (Phi) is 6.82. The lowest BCUT2D eigenvalue weighted by atomic mass is 9.92. The molecule has 0 aliphatic rings. The summed E-state index contributed by atoms with van der Waals surface area (Å²) in [6.45, 7) is 2.11. The number of halogens is 3. The van der Waals surface area contributed by atoms with Crippen molar-refractivity contribution in [1.29, 1.82) is 0 Å². The summed E-state index contributed by atoms with van der Waals surface area (Å²) in [5.74, 6) is 0. The van der Waals surface area contributed by atoms with Gasteiger partial charge in [-0.2, -0.15) is 0 Å². The summed E-state index contributed by atoms with van der Waals surface area (Å²) in [5.41, 5.74) is 0.789. The number of aliphatic hydroxyl groups is 1. The van der Waals surface area contributed by atoms with Gasteiger partial charge >= 0.3 is 0 Å². The van der Waals surface area contributed by atoms with E-state index in [1.807, 2.05) is 38.1 Å². The van der Waals surface area contributed by atoms with Gasteiger partial charge in [0.2, 0.25) is 0 Å². The quantitative estimate of drug-likeness (QED) is 0.922. The van der Waals surface area contributed by atoms with E-state index in [4.69, 9.17) is 23.2 Å². The number of aliphatic hydroxyl groups excluding tert-OH is 1. The van der Waals surface area contributed by atoms with Crippen LogP contribution in [0.25, 0.3) is 0 Å². The van der Waals surface area contributed by atoms with Crippen LogP contribution >= 0.6 is 35.6 Å². The van der Waals surface area contributed by atoms with E-state index in [-0.39, 0.29) is 24.6 Å². The number of nitrogens with zero attached hydrogens (tertiary/aromatic N) is 1. The van der Waals surface area contributed by atoms with Gasteiger partial charge in [-0.05, 0) is 45.1 Å². The first-order valence-electron chi connectivity index (χ1n) is 5.11. The topological polar surface area (TPSA) is 23.5 Å². The number of likely N-dealkylation sites (N-methyl/N-ethyl adjacent to an activating group) is 1. The lowest BCUT2D eigenvalue weighted by molar-refractivity contribution is 0.0842. The predicted molar refractivity (Wildman–Crippen MR) is 76.6 cm³/mol. The van der Waals surface area contributed by atoms with Crippen LogP contribution in [0.4, 0.5) is 0 Å². The number of hydrogen-bond acceptors (Lipinski definition) is 2. The lowest BCUT2D eigenvalue weighted by Crippen LogP contribution is -2.46. The molecule has 1 aromatic carbocycles. The number of benzene rings is 1. The highest BCUT2D eigenvalue weighted by molar-refractivity contribution is 6.42. The van der Waals surface area contributed by atoms with Crippen LogP contribution in [0.3, 0.4) is 0 Å². The molecule has 0 amide bonds. The number of hydrogen-bond donors (Lipinski definition) is 1. The van der Waals surface area contributed by atoms with E-state index in [0.29, 0.717) is 10.0 Å². The maximum Gasteiger partial charge on any atom is 0.0615 e. The average molecular weight is 299 g/mol. The second-order valence-electron chi connectivity index (χ2n) is 4.47. The van der Waals surface area contributed by atoms with Crippen molar-refractivity contribution < 1.29 is 5.11 Å². The van der Waals surface area contributed by atoms with Crippen LogP contribution in [-0.4, -0.2) is 36.2 Å². The first-order chi connectivity index (χ1) is 7.39.